The van der Waals surface area contributed by atoms with Crippen molar-refractivity contribution >= 4 is 5.97 Å². The number of carboxylic acids is 1. The number of rotatable bonds is 6. The number of nitrogens with zero attached hydrogens (tertiary/aromatic N) is 1. The van der Waals surface area contributed by atoms with E-state index in [4.69, 9.17) is 4.74 Å². The highest BCUT2D eigenvalue weighted by Gasteiger charge is 2.43. The van der Waals surface area contributed by atoms with Crippen molar-refractivity contribution in [1.82, 2.24) is 4.90 Å². The Kier molecular flexibility index (Phi) is 4.74. The Balaban J connectivity index is 2.48. The zero-order valence-electron chi connectivity index (χ0n) is 10.5. The summed E-state index contributed by atoms with van der Waals surface area (Å²) in [6.45, 7) is 7.36. The topological polar surface area (TPSA) is 49.8 Å². The number of hydrogen-bond acceptors (Lipinski definition) is 3. The van der Waals surface area contributed by atoms with Gasteiger partial charge >= 0.3 is 5.97 Å². The molecule has 2 unspecified atom stereocenters. The fraction of sp³-hybridized carbons (Fsp3) is 0.917. The SMILES string of the molecule is CCC1(C(=O)O)CCN(CC(C)COC)C1. The van der Waals surface area contributed by atoms with Gasteiger partial charge in [-0.1, -0.05) is 13.8 Å². The zero-order chi connectivity index (χ0) is 12.2. The third-order valence-electron chi connectivity index (χ3n) is 3.58. The molecule has 2 atom stereocenters. The molecule has 94 valence electrons. The lowest BCUT2D eigenvalue weighted by Gasteiger charge is -2.24. The minimum Gasteiger partial charge on any atom is -0.481 e. The second kappa shape index (κ2) is 5.64. The molecule has 0 aromatic heterocycles. The molecule has 1 rings (SSSR count). The summed E-state index contributed by atoms with van der Waals surface area (Å²) in [6, 6.07) is 0. The van der Waals surface area contributed by atoms with Gasteiger partial charge in [-0.25, -0.2) is 0 Å². The number of carboxylic acid groups (broad SMARTS) is 1. The van der Waals surface area contributed by atoms with E-state index in [-0.39, 0.29) is 0 Å². The second-order valence-corrected chi connectivity index (χ2v) is 4.98. The Morgan fingerprint density at radius 2 is 2.31 bits per heavy atom. The van der Waals surface area contributed by atoms with Crippen LogP contribution in [0.2, 0.25) is 0 Å². The van der Waals surface area contributed by atoms with Gasteiger partial charge < -0.3 is 14.7 Å². The van der Waals surface area contributed by atoms with Gasteiger partial charge in [-0.3, -0.25) is 4.79 Å². The van der Waals surface area contributed by atoms with Gasteiger partial charge in [0.2, 0.25) is 0 Å². The van der Waals surface area contributed by atoms with E-state index in [1.807, 2.05) is 6.92 Å². The van der Waals surface area contributed by atoms with Gasteiger partial charge in [-0.05, 0) is 25.3 Å². The molecule has 0 aromatic carbocycles. The van der Waals surface area contributed by atoms with Crippen molar-refractivity contribution in [1.29, 1.82) is 0 Å². The molecule has 0 amide bonds. The van der Waals surface area contributed by atoms with Crippen LogP contribution in [0.1, 0.15) is 26.7 Å². The lowest BCUT2D eigenvalue weighted by atomic mass is 9.84. The average molecular weight is 229 g/mol. The Morgan fingerprint density at radius 1 is 1.62 bits per heavy atom. The van der Waals surface area contributed by atoms with E-state index in [1.165, 1.54) is 0 Å². The van der Waals surface area contributed by atoms with E-state index in [0.29, 0.717) is 12.5 Å². The number of aliphatic carboxylic acids is 1. The van der Waals surface area contributed by atoms with E-state index in [9.17, 15) is 9.90 Å². The van der Waals surface area contributed by atoms with Crippen LogP contribution in [-0.4, -0.2) is 49.3 Å². The van der Waals surface area contributed by atoms with Gasteiger partial charge in [-0.2, -0.15) is 0 Å². The summed E-state index contributed by atoms with van der Waals surface area (Å²) in [7, 11) is 1.70. The molecular weight excluding hydrogens is 206 g/mol. The molecule has 1 aliphatic rings. The van der Waals surface area contributed by atoms with Gasteiger partial charge in [-0.15, -0.1) is 0 Å². The lowest BCUT2D eigenvalue weighted by molar-refractivity contribution is -0.148. The molecule has 4 heteroatoms. The first-order valence-corrected chi connectivity index (χ1v) is 5.98. The van der Waals surface area contributed by atoms with Crippen LogP contribution < -0.4 is 0 Å². The summed E-state index contributed by atoms with van der Waals surface area (Å²) in [5, 5.41) is 9.27. The molecule has 1 N–H and O–H groups in total. The molecule has 16 heavy (non-hydrogen) atoms. The lowest BCUT2D eigenvalue weighted by Crippen LogP contribution is -2.35. The Morgan fingerprint density at radius 3 is 2.75 bits per heavy atom. The highest BCUT2D eigenvalue weighted by atomic mass is 16.5. The minimum atomic E-state index is -0.642. The number of carbonyl (C=O) groups is 1. The molecule has 1 fully saturated rings. The Bertz CT molecular complexity index is 244. The van der Waals surface area contributed by atoms with Crippen molar-refractivity contribution in [3.63, 3.8) is 0 Å². The predicted molar refractivity (Wildman–Crippen MR) is 62.5 cm³/mol. The van der Waals surface area contributed by atoms with E-state index < -0.39 is 11.4 Å². The number of hydrogen-bond donors (Lipinski definition) is 1. The largest absolute Gasteiger partial charge is 0.481 e. The van der Waals surface area contributed by atoms with Crippen molar-refractivity contribution in [2.24, 2.45) is 11.3 Å². The molecule has 0 saturated carbocycles. The molecular formula is C12H23NO3. The maximum atomic E-state index is 11.3. The number of ether oxygens (including phenoxy) is 1. The molecule has 1 aliphatic heterocycles. The van der Waals surface area contributed by atoms with Crippen molar-refractivity contribution in [3.8, 4) is 0 Å². The van der Waals surface area contributed by atoms with Gasteiger partial charge in [0.1, 0.15) is 0 Å². The van der Waals surface area contributed by atoms with Gasteiger partial charge in [0, 0.05) is 26.8 Å². The Hall–Kier alpha value is -0.610. The van der Waals surface area contributed by atoms with Crippen LogP contribution in [0.3, 0.4) is 0 Å². The predicted octanol–water partition coefficient (Wildman–Crippen LogP) is 1.46. The monoisotopic (exact) mass is 229 g/mol. The highest BCUT2D eigenvalue weighted by Crippen LogP contribution is 2.34. The summed E-state index contributed by atoms with van der Waals surface area (Å²) in [4.78, 5) is 13.5. The fourth-order valence-corrected chi connectivity index (χ4v) is 2.51. The van der Waals surface area contributed by atoms with E-state index in [1.54, 1.807) is 7.11 Å². The van der Waals surface area contributed by atoms with Crippen molar-refractivity contribution in [3.05, 3.63) is 0 Å². The van der Waals surface area contributed by atoms with Crippen LogP contribution in [0.15, 0.2) is 0 Å². The molecule has 1 heterocycles. The van der Waals surface area contributed by atoms with Gasteiger partial charge in [0.05, 0.1) is 5.41 Å². The van der Waals surface area contributed by atoms with Crippen molar-refractivity contribution in [2.75, 3.05) is 33.4 Å². The molecule has 0 spiro atoms. The molecule has 0 bridgehead atoms. The standard InChI is InChI=1S/C12H23NO3/c1-4-12(11(14)15)5-6-13(9-12)7-10(2)8-16-3/h10H,4-9H2,1-3H3,(H,14,15). The summed E-state index contributed by atoms with van der Waals surface area (Å²) in [5.41, 5.74) is -0.507. The van der Waals surface area contributed by atoms with Crippen LogP contribution in [0, 0.1) is 11.3 Å². The molecule has 1 saturated heterocycles. The molecule has 4 nitrogen and oxygen atoms in total. The fourth-order valence-electron chi connectivity index (χ4n) is 2.51. The van der Waals surface area contributed by atoms with E-state index in [2.05, 4.69) is 11.8 Å². The van der Waals surface area contributed by atoms with Crippen LogP contribution in [0.25, 0.3) is 0 Å². The smallest absolute Gasteiger partial charge is 0.310 e. The first kappa shape index (κ1) is 13.5. The van der Waals surface area contributed by atoms with Crippen LogP contribution in [0.4, 0.5) is 0 Å². The normalized spacial score (nSPS) is 28.2. The van der Waals surface area contributed by atoms with Gasteiger partial charge in [0.15, 0.2) is 0 Å². The van der Waals surface area contributed by atoms with E-state index in [0.717, 1.165) is 32.5 Å². The third kappa shape index (κ3) is 2.95. The van der Waals surface area contributed by atoms with E-state index >= 15 is 0 Å². The third-order valence-corrected chi connectivity index (χ3v) is 3.58. The summed E-state index contributed by atoms with van der Waals surface area (Å²) in [5.74, 6) is -0.177. The van der Waals surface area contributed by atoms with Crippen molar-refractivity contribution in [2.45, 2.75) is 26.7 Å². The van der Waals surface area contributed by atoms with Gasteiger partial charge in [0.25, 0.3) is 0 Å². The molecule has 0 aliphatic carbocycles. The number of likely N-dealkylation sites (tertiary alicyclic amines) is 1. The maximum Gasteiger partial charge on any atom is 0.310 e. The maximum absolute atomic E-state index is 11.3. The van der Waals surface area contributed by atoms with Crippen molar-refractivity contribution < 1.29 is 14.6 Å². The zero-order valence-corrected chi connectivity index (χ0v) is 10.5. The highest BCUT2D eigenvalue weighted by molar-refractivity contribution is 5.75. The minimum absolute atomic E-state index is 0.464. The molecule has 0 radical (unpaired) electrons. The summed E-state index contributed by atoms with van der Waals surface area (Å²) >= 11 is 0. The first-order chi connectivity index (χ1) is 7.54. The summed E-state index contributed by atoms with van der Waals surface area (Å²) in [6.07, 6.45) is 1.50. The average Bonchev–Trinajstić information content (AvgIpc) is 2.63. The Labute approximate surface area is 97.6 Å². The quantitative estimate of drug-likeness (QED) is 0.749. The first-order valence-electron chi connectivity index (χ1n) is 5.98. The number of methoxy groups -OCH3 is 1. The van der Waals surface area contributed by atoms with Crippen LogP contribution in [0.5, 0.6) is 0 Å². The van der Waals surface area contributed by atoms with Crippen LogP contribution in [-0.2, 0) is 9.53 Å². The van der Waals surface area contributed by atoms with Crippen LogP contribution >= 0.6 is 0 Å². The second-order valence-electron chi connectivity index (χ2n) is 4.98. The molecule has 0 aromatic rings. The summed E-state index contributed by atoms with van der Waals surface area (Å²) < 4.78 is 5.10.